The van der Waals surface area contributed by atoms with Crippen molar-refractivity contribution in [1.82, 2.24) is 4.98 Å². The maximum atomic E-state index is 12.5. The number of halogens is 2. The Morgan fingerprint density at radius 3 is 2.34 bits per heavy atom. The van der Waals surface area contributed by atoms with Gasteiger partial charge in [-0.1, -0.05) is 41.4 Å². The zero-order chi connectivity index (χ0) is 21.0. The summed E-state index contributed by atoms with van der Waals surface area (Å²) in [6.45, 7) is 1.91. The van der Waals surface area contributed by atoms with Crippen LogP contribution in [0.4, 0.5) is 11.5 Å². The maximum Gasteiger partial charge on any atom is 0.261 e. The van der Waals surface area contributed by atoms with Crippen LogP contribution in [0.25, 0.3) is 0 Å². The van der Waals surface area contributed by atoms with E-state index in [2.05, 4.69) is 15.0 Å². The summed E-state index contributed by atoms with van der Waals surface area (Å²) in [6, 6.07) is 14.2. The van der Waals surface area contributed by atoms with E-state index in [9.17, 15) is 13.2 Å². The SMILES string of the molecule is Cc1ccc(NC(=O)Cc2ccc(NS(=O)(=O)c3ccc(Cl)c(Cl)c3)cc2)nc1. The Labute approximate surface area is 178 Å². The van der Waals surface area contributed by atoms with Gasteiger partial charge in [0.1, 0.15) is 5.82 Å². The molecule has 6 nitrogen and oxygen atoms in total. The topological polar surface area (TPSA) is 88.2 Å². The minimum absolute atomic E-state index is 0.000882. The first-order valence-electron chi connectivity index (χ1n) is 8.52. The second kappa shape index (κ2) is 8.82. The van der Waals surface area contributed by atoms with Crippen LogP contribution >= 0.6 is 23.2 Å². The molecule has 29 heavy (non-hydrogen) atoms. The Kier molecular flexibility index (Phi) is 6.42. The summed E-state index contributed by atoms with van der Waals surface area (Å²) in [5.74, 6) is 0.261. The Morgan fingerprint density at radius 1 is 1.00 bits per heavy atom. The van der Waals surface area contributed by atoms with E-state index in [-0.39, 0.29) is 27.3 Å². The van der Waals surface area contributed by atoms with Gasteiger partial charge in [0, 0.05) is 11.9 Å². The summed E-state index contributed by atoms with van der Waals surface area (Å²) in [5, 5.41) is 3.14. The lowest BCUT2D eigenvalue weighted by molar-refractivity contribution is -0.115. The van der Waals surface area contributed by atoms with Gasteiger partial charge in [0.2, 0.25) is 5.91 Å². The van der Waals surface area contributed by atoms with E-state index < -0.39 is 10.0 Å². The third-order valence-corrected chi connectivity index (χ3v) is 6.07. The van der Waals surface area contributed by atoms with Gasteiger partial charge in [-0.15, -0.1) is 0 Å². The average Bonchev–Trinajstić information content (AvgIpc) is 2.67. The molecule has 2 N–H and O–H groups in total. The molecular formula is C20H17Cl2N3O3S. The number of aryl methyl sites for hydroxylation is 1. The molecule has 0 saturated carbocycles. The van der Waals surface area contributed by atoms with Crippen LogP contribution in [0.15, 0.2) is 65.7 Å². The molecule has 0 aliphatic carbocycles. The Morgan fingerprint density at radius 2 is 1.72 bits per heavy atom. The van der Waals surface area contributed by atoms with Gasteiger partial charge in [-0.2, -0.15) is 0 Å². The summed E-state index contributed by atoms with van der Waals surface area (Å²) < 4.78 is 27.4. The minimum Gasteiger partial charge on any atom is -0.310 e. The van der Waals surface area contributed by atoms with Gasteiger partial charge < -0.3 is 5.32 Å². The highest BCUT2D eigenvalue weighted by atomic mass is 35.5. The molecule has 3 rings (SSSR count). The molecule has 1 aromatic heterocycles. The van der Waals surface area contributed by atoms with Crippen molar-refractivity contribution in [2.45, 2.75) is 18.2 Å². The Bertz CT molecular complexity index is 1130. The van der Waals surface area contributed by atoms with Crippen LogP contribution in [-0.4, -0.2) is 19.3 Å². The van der Waals surface area contributed by atoms with Crippen molar-refractivity contribution < 1.29 is 13.2 Å². The summed E-state index contributed by atoms with van der Waals surface area (Å²) in [7, 11) is -3.81. The smallest absolute Gasteiger partial charge is 0.261 e. The predicted molar refractivity (Wildman–Crippen MR) is 115 cm³/mol. The van der Waals surface area contributed by atoms with Crippen LogP contribution in [0.1, 0.15) is 11.1 Å². The lowest BCUT2D eigenvalue weighted by Gasteiger charge is -2.10. The van der Waals surface area contributed by atoms with Crippen molar-refractivity contribution in [2.75, 3.05) is 10.0 Å². The van der Waals surface area contributed by atoms with Crippen LogP contribution < -0.4 is 10.0 Å². The summed E-state index contributed by atoms with van der Waals surface area (Å²) in [5.41, 5.74) is 2.09. The molecule has 0 bridgehead atoms. The maximum absolute atomic E-state index is 12.5. The largest absolute Gasteiger partial charge is 0.310 e. The molecule has 0 spiro atoms. The Balaban J connectivity index is 1.64. The van der Waals surface area contributed by atoms with E-state index in [1.54, 1.807) is 36.5 Å². The van der Waals surface area contributed by atoms with Gasteiger partial charge in [-0.25, -0.2) is 13.4 Å². The monoisotopic (exact) mass is 449 g/mol. The van der Waals surface area contributed by atoms with Gasteiger partial charge in [-0.05, 0) is 54.4 Å². The molecule has 1 amide bonds. The molecule has 0 radical (unpaired) electrons. The summed E-state index contributed by atoms with van der Waals surface area (Å²) >= 11 is 11.7. The van der Waals surface area contributed by atoms with Crippen molar-refractivity contribution in [1.29, 1.82) is 0 Å². The molecule has 0 atom stereocenters. The number of aromatic nitrogens is 1. The number of nitrogens with one attached hydrogen (secondary N) is 2. The number of benzene rings is 2. The quantitative estimate of drug-likeness (QED) is 0.571. The van der Waals surface area contributed by atoms with E-state index in [1.165, 1.54) is 18.2 Å². The number of hydrogen-bond acceptors (Lipinski definition) is 4. The first-order valence-corrected chi connectivity index (χ1v) is 10.8. The molecule has 150 valence electrons. The lowest BCUT2D eigenvalue weighted by Crippen LogP contribution is -2.15. The normalized spacial score (nSPS) is 11.1. The molecule has 1 heterocycles. The molecular weight excluding hydrogens is 433 g/mol. The van der Waals surface area contributed by atoms with Gasteiger partial charge in [-0.3, -0.25) is 9.52 Å². The van der Waals surface area contributed by atoms with Crippen LogP contribution in [0.3, 0.4) is 0 Å². The first-order chi connectivity index (χ1) is 13.7. The van der Waals surface area contributed by atoms with E-state index >= 15 is 0 Å². The highest BCUT2D eigenvalue weighted by Crippen LogP contribution is 2.26. The fraction of sp³-hybridized carbons (Fsp3) is 0.100. The number of rotatable bonds is 6. The first kappa shape index (κ1) is 21.1. The molecule has 0 aliphatic heterocycles. The van der Waals surface area contributed by atoms with Crippen molar-refractivity contribution >= 4 is 50.6 Å². The second-order valence-electron chi connectivity index (χ2n) is 6.32. The van der Waals surface area contributed by atoms with E-state index in [4.69, 9.17) is 23.2 Å². The standard InChI is InChI=1S/C20H17Cl2N3O3S/c1-13-2-9-19(23-12-13)24-20(26)10-14-3-5-15(6-4-14)25-29(27,28)16-7-8-17(21)18(22)11-16/h2-9,11-12,25H,10H2,1H3,(H,23,24,26). The van der Waals surface area contributed by atoms with Crippen molar-refractivity contribution in [3.8, 4) is 0 Å². The fourth-order valence-electron chi connectivity index (χ4n) is 2.46. The molecule has 2 aromatic carbocycles. The van der Waals surface area contributed by atoms with E-state index in [1.807, 2.05) is 13.0 Å². The molecule has 0 unspecified atom stereocenters. The van der Waals surface area contributed by atoms with Crippen LogP contribution in [-0.2, 0) is 21.2 Å². The fourth-order valence-corrected chi connectivity index (χ4v) is 3.91. The van der Waals surface area contributed by atoms with Gasteiger partial charge in [0.15, 0.2) is 0 Å². The number of pyridine rings is 1. The van der Waals surface area contributed by atoms with Crippen molar-refractivity contribution in [2.24, 2.45) is 0 Å². The minimum atomic E-state index is -3.81. The average molecular weight is 450 g/mol. The van der Waals surface area contributed by atoms with Gasteiger partial charge in [0.05, 0.1) is 21.4 Å². The second-order valence-corrected chi connectivity index (χ2v) is 8.82. The highest BCUT2D eigenvalue weighted by molar-refractivity contribution is 7.92. The van der Waals surface area contributed by atoms with Crippen molar-refractivity contribution in [3.05, 3.63) is 82.0 Å². The summed E-state index contributed by atoms with van der Waals surface area (Å²) in [4.78, 5) is 16.3. The van der Waals surface area contributed by atoms with Crippen molar-refractivity contribution in [3.63, 3.8) is 0 Å². The zero-order valence-corrected chi connectivity index (χ0v) is 17.6. The van der Waals surface area contributed by atoms with Crippen LogP contribution in [0.2, 0.25) is 10.0 Å². The van der Waals surface area contributed by atoms with Crippen LogP contribution in [0, 0.1) is 6.92 Å². The number of amides is 1. The molecule has 0 fully saturated rings. The molecule has 0 aliphatic rings. The van der Waals surface area contributed by atoms with Crippen LogP contribution in [0.5, 0.6) is 0 Å². The molecule has 0 saturated heterocycles. The zero-order valence-electron chi connectivity index (χ0n) is 15.3. The van der Waals surface area contributed by atoms with Gasteiger partial charge in [0.25, 0.3) is 10.0 Å². The third-order valence-electron chi connectivity index (χ3n) is 3.95. The summed E-state index contributed by atoms with van der Waals surface area (Å²) in [6.07, 6.45) is 1.81. The number of hydrogen-bond donors (Lipinski definition) is 2. The van der Waals surface area contributed by atoms with E-state index in [0.29, 0.717) is 11.5 Å². The van der Waals surface area contributed by atoms with Gasteiger partial charge >= 0.3 is 0 Å². The number of carbonyl (C=O) groups is 1. The number of carbonyl (C=O) groups excluding carboxylic acids is 1. The number of anilines is 2. The third kappa shape index (κ3) is 5.69. The molecule has 3 aromatic rings. The van der Waals surface area contributed by atoms with E-state index in [0.717, 1.165) is 11.1 Å². The lowest BCUT2D eigenvalue weighted by atomic mass is 10.1. The highest BCUT2D eigenvalue weighted by Gasteiger charge is 2.16. The predicted octanol–water partition coefficient (Wildman–Crippen LogP) is 4.68. The Hall–Kier alpha value is -2.61. The number of sulfonamides is 1. The molecule has 9 heteroatoms. The number of nitrogens with zero attached hydrogens (tertiary/aromatic N) is 1.